The normalized spacial score (nSPS) is 21.3. The maximum absolute atomic E-state index is 14.9. The Labute approximate surface area is 551 Å². The number of carbonyl (C=O) groups is 13. The van der Waals surface area contributed by atoms with Gasteiger partial charge in [0.1, 0.15) is 71.2 Å². The second-order valence-electron chi connectivity index (χ2n) is 26.1. The number of carbonyl (C=O) groups excluding carboxylic acids is 13. The van der Waals surface area contributed by atoms with Crippen molar-refractivity contribution in [3.8, 4) is 0 Å². The first-order chi connectivity index (χ1) is 44.3. The molecule has 13 amide bonds. The average molecular weight is 1340 g/mol. The van der Waals surface area contributed by atoms with Crippen molar-refractivity contribution >= 4 is 77.4 Å². The Hall–Kier alpha value is -9.11. The van der Waals surface area contributed by atoms with Crippen molar-refractivity contribution < 1.29 is 96.3 Å². The minimum atomic E-state index is -1.94. The molecule has 33 nitrogen and oxygen atoms in total. The Kier molecular flexibility index (Phi) is 31.8. The summed E-state index contributed by atoms with van der Waals surface area (Å²) in [5.74, 6) is -11.5. The molecule has 1 fully saturated rings. The minimum absolute atomic E-state index is 0.0926. The molecule has 16 N–H and O–H groups in total. The van der Waals surface area contributed by atoms with E-state index in [1.807, 2.05) is 0 Å². The molecule has 1 aromatic heterocycles. The van der Waals surface area contributed by atoms with Crippen LogP contribution >= 0.6 is 0 Å². The van der Waals surface area contributed by atoms with E-state index < -0.39 is 193 Å². The van der Waals surface area contributed by atoms with Gasteiger partial charge in [0, 0.05) is 32.6 Å². The zero-order chi connectivity index (χ0) is 71.5. The van der Waals surface area contributed by atoms with E-state index in [9.17, 15) is 77.6 Å². The number of aliphatic hydroxyl groups excluding tert-OH is 3. The Morgan fingerprint density at radius 3 is 1.43 bits per heavy atom. The maximum Gasteiger partial charge on any atom is 0.407 e. The number of ether oxygens (including phenoxy) is 3. The minimum Gasteiger partial charge on any atom is -0.459 e. The molecule has 1 unspecified atom stereocenters. The first-order valence-corrected chi connectivity index (χ1v) is 31.2. The molecule has 3 rings (SSSR count). The third-order valence-electron chi connectivity index (χ3n) is 13.5. The summed E-state index contributed by atoms with van der Waals surface area (Å²) in [6.45, 7) is 17.3. The molecule has 0 aliphatic carbocycles. The summed E-state index contributed by atoms with van der Waals surface area (Å²) in [6, 6.07) is -4.61. The van der Waals surface area contributed by atoms with Gasteiger partial charge in [0.25, 0.3) is 5.91 Å². The Morgan fingerprint density at radius 2 is 1.00 bits per heavy atom. The fourth-order valence-electron chi connectivity index (χ4n) is 8.96. The predicted octanol–water partition coefficient (Wildman–Crippen LogP) is -1.44. The lowest BCUT2D eigenvalue weighted by Crippen LogP contribution is -2.61. The van der Waals surface area contributed by atoms with Gasteiger partial charge in [0.15, 0.2) is 5.76 Å². The molecule has 1 aliphatic heterocycles. The number of hydrogen-bond donors (Lipinski definition) is 16. The lowest BCUT2D eigenvalue weighted by molar-refractivity contribution is -0.136. The van der Waals surface area contributed by atoms with Crippen LogP contribution in [0, 0.1) is 5.92 Å². The quantitative estimate of drug-likeness (QED) is 0.0601. The molecular weight excluding hydrogens is 1250 g/mol. The SMILES string of the molecule is CC(C)C[C@@H]1NC(=O)[C@@H](Cc2ccccc2)NC(=O)C(CCNC(=O)OC(C)(C)C)NC(=O)[C@@H](NC(=O)[C@@H](CO)NC(=O)[C@@H](NC(=O)c2ccco2)[C@@H](C)O)CCNC(=O)[C@H]([C@@H](C)O)NC(=O)[C@H](CCNC(=O)OC(C)(C)C)NC(=O)[C@H](CCNC(=O)OC(C)(C)C)NC1=O. The molecule has 95 heavy (non-hydrogen) atoms. The van der Waals surface area contributed by atoms with E-state index >= 15 is 0 Å². The van der Waals surface area contributed by atoms with Crippen LogP contribution in [0.1, 0.15) is 138 Å². The summed E-state index contributed by atoms with van der Waals surface area (Å²) < 4.78 is 21.1. The van der Waals surface area contributed by atoms with Crippen LogP contribution in [0.2, 0.25) is 0 Å². The number of furan rings is 1. The van der Waals surface area contributed by atoms with Gasteiger partial charge in [-0.05, 0) is 132 Å². The third-order valence-corrected chi connectivity index (χ3v) is 13.5. The number of benzene rings is 1. The lowest BCUT2D eigenvalue weighted by Gasteiger charge is -2.29. The molecule has 1 aliphatic rings. The van der Waals surface area contributed by atoms with Gasteiger partial charge in [-0.25, -0.2) is 14.4 Å². The highest BCUT2D eigenvalue weighted by molar-refractivity contribution is 6.00. The summed E-state index contributed by atoms with van der Waals surface area (Å²) in [5, 5.41) is 64.2. The van der Waals surface area contributed by atoms with Crippen molar-refractivity contribution in [1.29, 1.82) is 0 Å². The summed E-state index contributed by atoms with van der Waals surface area (Å²) >= 11 is 0. The molecule has 530 valence electrons. The second kappa shape index (κ2) is 37.7. The molecule has 33 heteroatoms. The Bertz CT molecular complexity index is 2930. The van der Waals surface area contributed by atoms with Crippen LogP contribution in [-0.4, -0.2) is 209 Å². The molecule has 0 spiro atoms. The first kappa shape index (κ1) is 80.1. The molecule has 0 radical (unpaired) electrons. The van der Waals surface area contributed by atoms with Crippen molar-refractivity contribution in [3.63, 3.8) is 0 Å². The standard InChI is InChI=1S/C62H97N13O20/c1-33(2)30-41-51(83)69-38(22-26-64-57(89)93-60(5,6)7)48(80)68-40(24-28-66-59(91)95-62(11,12)13)50(82)74-45(34(3)77)55(87)63-25-21-37(70-53(85)43(32-76)73-56(88)46(35(4)78)75-54(86)44-20-17-29-92-44)47(79)67-39(23-27-65-58(90)94-61(8,9)10)49(81)72-42(52(84)71-41)31-36-18-15-14-16-19-36/h14-20,29,33-35,37-43,45-46,76-78H,21-28,30-32H2,1-13H3,(H,63,87)(H,64,89)(H,65,90)(H,66,91)(H,67,79)(H,68,80)(H,69,83)(H,70,85)(H,71,84)(H,72,81)(H,73,88)(H,74,82)(H,75,86)/t34-,35-,37+,38+,39?,40+,41+,42-,43-,45+,46+/m1/s1. The number of aliphatic hydroxyl groups is 3. The first-order valence-electron chi connectivity index (χ1n) is 31.2. The fourth-order valence-corrected chi connectivity index (χ4v) is 8.96. The molecule has 2 aromatic rings. The van der Waals surface area contributed by atoms with Crippen molar-refractivity contribution in [1.82, 2.24) is 69.1 Å². The predicted molar refractivity (Wildman–Crippen MR) is 340 cm³/mol. The second-order valence-corrected chi connectivity index (χ2v) is 26.1. The number of alkyl carbamates (subject to hydrolysis) is 3. The number of hydrogen-bond acceptors (Lipinski definition) is 20. The highest BCUT2D eigenvalue weighted by atomic mass is 16.6. The van der Waals surface area contributed by atoms with Crippen LogP contribution < -0.4 is 69.1 Å². The summed E-state index contributed by atoms with van der Waals surface area (Å²) in [7, 11) is 0. The van der Waals surface area contributed by atoms with E-state index in [4.69, 9.17) is 18.6 Å². The maximum atomic E-state index is 14.9. The van der Waals surface area contributed by atoms with Crippen LogP contribution in [0.25, 0.3) is 0 Å². The van der Waals surface area contributed by atoms with E-state index in [0.29, 0.717) is 5.56 Å². The molecular formula is C62H97N13O20. The topological polar surface area (TPSA) is 480 Å². The number of rotatable bonds is 22. The lowest BCUT2D eigenvalue weighted by atomic mass is 10.00. The molecule has 0 bridgehead atoms. The van der Waals surface area contributed by atoms with Gasteiger partial charge in [-0.3, -0.25) is 47.9 Å². The Morgan fingerprint density at radius 1 is 0.558 bits per heavy atom. The van der Waals surface area contributed by atoms with Crippen molar-refractivity contribution in [2.24, 2.45) is 5.92 Å². The van der Waals surface area contributed by atoms with Gasteiger partial charge in [0.2, 0.25) is 53.2 Å². The highest BCUT2D eigenvalue weighted by Gasteiger charge is 2.38. The van der Waals surface area contributed by atoms with Gasteiger partial charge in [-0.2, -0.15) is 0 Å². The summed E-state index contributed by atoms with van der Waals surface area (Å²) in [5.41, 5.74) is -2.40. The van der Waals surface area contributed by atoms with Crippen molar-refractivity contribution in [2.45, 2.75) is 212 Å². The smallest absolute Gasteiger partial charge is 0.407 e. The van der Waals surface area contributed by atoms with Gasteiger partial charge in [0.05, 0.1) is 25.1 Å². The summed E-state index contributed by atoms with van der Waals surface area (Å²) in [6.07, 6.45) is -7.09. The fraction of sp³-hybridized carbons (Fsp3) is 0.629. The van der Waals surface area contributed by atoms with Crippen LogP contribution in [-0.2, 0) is 63.8 Å². The van der Waals surface area contributed by atoms with E-state index in [1.165, 1.54) is 18.4 Å². The van der Waals surface area contributed by atoms with Crippen LogP contribution in [0.3, 0.4) is 0 Å². The number of amides is 13. The van der Waals surface area contributed by atoms with Gasteiger partial charge in [-0.15, -0.1) is 0 Å². The molecule has 2 heterocycles. The molecule has 11 atom stereocenters. The van der Waals surface area contributed by atoms with Crippen molar-refractivity contribution in [3.05, 3.63) is 60.1 Å². The van der Waals surface area contributed by atoms with E-state index in [0.717, 1.165) is 13.8 Å². The van der Waals surface area contributed by atoms with Gasteiger partial charge < -0.3 is 103 Å². The monoisotopic (exact) mass is 1340 g/mol. The Balaban J connectivity index is 2.28. The zero-order valence-corrected chi connectivity index (χ0v) is 56.1. The molecule has 0 saturated carbocycles. The molecule has 1 saturated heterocycles. The van der Waals surface area contributed by atoms with E-state index in [2.05, 4.69) is 69.1 Å². The van der Waals surface area contributed by atoms with Crippen LogP contribution in [0.15, 0.2) is 53.1 Å². The van der Waals surface area contributed by atoms with Crippen LogP contribution in [0.4, 0.5) is 14.4 Å². The molecule has 1 aromatic carbocycles. The highest BCUT2D eigenvalue weighted by Crippen LogP contribution is 2.14. The van der Waals surface area contributed by atoms with E-state index in [-0.39, 0.29) is 50.6 Å². The van der Waals surface area contributed by atoms with Crippen LogP contribution in [0.5, 0.6) is 0 Å². The largest absolute Gasteiger partial charge is 0.459 e. The zero-order valence-electron chi connectivity index (χ0n) is 56.1. The van der Waals surface area contributed by atoms with Gasteiger partial charge in [-0.1, -0.05) is 44.2 Å². The van der Waals surface area contributed by atoms with Gasteiger partial charge >= 0.3 is 18.3 Å². The van der Waals surface area contributed by atoms with E-state index in [1.54, 1.807) is 106 Å². The average Bonchev–Trinajstić information content (AvgIpc) is 1.60. The number of nitrogens with one attached hydrogen (secondary N) is 13. The van der Waals surface area contributed by atoms with Crippen molar-refractivity contribution in [2.75, 3.05) is 32.8 Å². The third kappa shape index (κ3) is 30.2. The summed E-state index contributed by atoms with van der Waals surface area (Å²) in [4.78, 5) is 182.